The predicted molar refractivity (Wildman–Crippen MR) is 170 cm³/mol. The van der Waals surface area contributed by atoms with Crippen molar-refractivity contribution in [3.05, 3.63) is 106 Å². The van der Waals surface area contributed by atoms with E-state index in [-0.39, 0.29) is 139 Å². The maximum atomic E-state index is 11.3. The van der Waals surface area contributed by atoms with Crippen LogP contribution in [0.1, 0.15) is 0 Å². The van der Waals surface area contributed by atoms with Gasteiger partial charge >= 0.3 is 88.7 Å². The van der Waals surface area contributed by atoms with Crippen LogP contribution in [0.4, 0.5) is 17.1 Å². The van der Waals surface area contributed by atoms with Crippen molar-refractivity contribution in [3.8, 4) is 17.2 Å². The molecule has 0 amide bonds. The van der Waals surface area contributed by atoms with E-state index in [1.807, 2.05) is 0 Å². The quantitative estimate of drug-likeness (QED) is 0.0857. The number of nitroso groups, excluding NO2 is 3. The Morgan fingerprint density at radius 2 is 0.600 bits per heavy atom. The Kier molecular flexibility index (Phi) is 20.4. The number of fused-ring (bicyclic) bond motifs is 3. The summed E-state index contributed by atoms with van der Waals surface area (Å²) in [4.78, 5) is 30.2. The van der Waals surface area contributed by atoms with Crippen molar-refractivity contribution in [1.29, 1.82) is 0 Å². The summed E-state index contributed by atoms with van der Waals surface area (Å²) in [6, 6.07) is 17.4. The van der Waals surface area contributed by atoms with E-state index >= 15 is 0 Å². The Morgan fingerprint density at radius 3 is 0.782 bits per heavy atom. The van der Waals surface area contributed by atoms with Gasteiger partial charge in [-0.1, -0.05) is 71.8 Å². The molecule has 0 unspecified atom stereocenters. The summed E-state index contributed by atoms with van der Waals surface area (Å²) in [5.41, 5.74) is -0.882. The van der Waals surface area contributed by atoms with E-state index < -0.39 is 62.3 Å². The van der Waals surface area contributed by atoms with Gasteiger partial charge < -0.3 is 29.0 Å². The zero-order chi connectivity index (χ0) is 37.9. The molecule has 0 spiro atoms. The van der Waals surface area contributed by atoms with E-state index in [0.717, 1.165) is 54.6 Å². The first kappa shape index (κ1) is 52.5. The van der Waals surface area contributed by atoms with Crippen LogP contribution in [0.2, 0.25) is 0 Å². The van der Waals surface area contributed by atoms with Crippen LogP contribution in [0.25, 0.3) is 32.3 Å². The van der Waals surface area contributed by atoms with E-state index in [1.54, 1.807) is 0 Å². The van der Waals surface area contributed by atoms with Gasteiger partial charge in [-0.05, 0) is 68.1 Å². The van der Waals surface area contributed by atoms with Crippen LogP contribution in [0.3, 0.4) is 0 Å². The van der Waals surface area contributed by atoms with Crippen LogP contribution in [0.15, 0.2) is 121 Å². The van der Waals surface area contributed by atoms with Crippen molar-refractivity contribution in [1.82, 2.24) is 0 Å². The van der Waals surface area contributed by atoms with E-state index in [9.17, 15) is 69.0 Å². The largest absolute Gasteiger partial charge is 1.00 e. The van der Waals surface area contributed by atoms with Gasteiger partial charge in [-0.2, -0.15) is 0 Å². The second-order valence-electron chi connectivity index (χ2n) is 10.0. The molecule has 0 atom stereocenters. The summed E-state index contributed by atoms with van der Waals surface area (Å²) in [5.74, 6) is -1.65. The molecule has 0 aromatic heterocycles. The van der Waals surface area contributed by atoms with Crippen molar-refractivity contribution < 1.29 is 160 Å². The average molecular weight is 878 g/mol. The van der Waals surface area contributed by atoms with E-state index in [2.05, 4.69) is 15.5 Å². The van der Waals surface area contributed by atoms with Gasteiger partial charge in [0.05, 0.1) is 14.7 Å². The van der Waals surface area contributed by atoms with Crippen molar-refractivity contribution >= 4 is 79.7 Å². The van der Waals surface area contributed by atoms with Crippen molar-refractivity contribution in [3.63, 3.8) is 0 Å². The normalized spacial score (nSPS) is 10.7. The molecule has 0 fully saturated rings. The Hall–Kier alpha value is -2.45. The van der Waals surface area contributed by atoms with Gasteiger partial charge in [-0.15, -0.1) is 14.7 Å². The molecule has 0 aliphatic rings. The van der Waals surface area contributed by atoms with Gasteiger partial charge in [0, 0.05) is 33.2 Å². The van der Waals surface area contributed by atoms with E-state index in [4.69, 9.17) is 0 Å². The van der Waals surface area contributed by atoms with Crippen LogP contribution < -0.4 is 104 Å². The fourth-order valence-corrected chi connectivity index (χ4v) is 6.08. The van der Waals surface area contributed by atoms with Crippen molar-refractivity contribution in [2.24, 2.45) is 15.5 Å². The fourth-order valence-electron chi connectivity index (χ4n) is 4.56. The summed E-state index contributed by atoms with van der Waals surface area (Å²) in [5, 5.41) is 43.2. The summed E-state index contributed by atoms with van der Waals surface area (Å²) in [6.45, 7) is 0. The predicted octanol–water partition coefficient (Wildman–Crippen LogP) is -5.34. The smallest absolute Gasteiger partial charge is 0.871 e. The van der Waals surface area contributed by atoms with E-state index in [0.29, 0.717) is 16.2 Å². The summed E-state index contributed by atoms with van der Waals surface area (Å²) < 4.78 is 97.2. The first-order valence-corrected chi connectivity index (χ1v) is 17.6. The maximum Gasteiger partial charge on any atom is 1.00 e. The molecule has 0 N–H and O–H groups in total. The number of hydrogen-bond acceptors (Lipinski definition) is 18. The molecule has 55 heavy (non-hydrogen) atoms. The first-order chi connectivity index (χ1) is 23.8. The zero-order valence-electron chi connectivity index (χ0n) is 28.2. The van der Waals surface area contributed by atoms with Crippen molar-refractivity contribution in [2.45, 2.75) is 14.7 Å². The molecule has 6 rings (SSSR count). The molecule has 0 heterocycles. The van der Waals surface area contributed by atoms with Gasteiger partial charge in [0.25, 0.3) is 0 Å². The number of benzene rings is 6. The number of hydrogen-bond donors (Lipinski definition) is 0. The second kappa shape index (κ2) is 21.3. The monoisotopic (exact) mass is 878 g/mol. The fraction of sp³-hybridized carbons (Fsp3) is 0. The SMILES string of the molecule is O=Nc1c([O-])ccc2cc(S(=O)(=O)[O-])ccc12.O=Nc1c([O-])ccc2cc(S(=O)(=O)[O-])ccc12.O=Nc1c([O-])ccc2cc(S(=O)(=O)[O-])ccc12.[Fe].[Na+].[Na+].[Na+]. The van der Waals surface area contributed by atoms with Crippen LogP contribution in [-0.2, 0) is 47.4 Å². The molecule has 0 saturated carbocycles. The van der Waals surface area contributed by atoms with Crippen LogP contribution in [0, 0.1) is 14.7 Å². The molecule has 6 aromatic carbocycles. The molecular weight excluding hydrogens is 863 g/mol. The van der Waals surface area contributed by atoms with Gasteiger partial charge in [-0.25, -0.2) is 25.3 Å². The average Bonchev–Trinajstić information content (AvgIpc) is 3.07. The van der Waals surface area contributed by atoms with Crippen LogP contribution in [-0.4, -0.2) is 38.9 Å². The standard InChI is InChI=1S/3C10H7NO5S.Fe.3Na/c3*12-9-4-1-6-5-7(17(14,15)16)2-3-8(6)10(9)11-13;;;;/h3*1-5,12H,(H,14,15,16);;;;/q;;;;3*+1/p-6. The summed E-state index contributed by atoms with van der Waals surface area (Å²) >= 11 is 0. The Bertz CT molecular complexity index is 2450. The molecular formula is C30H15FeN3Na3O15S3-3. The molecule has 25 heteroatoms. The Labute approximate surface area is 388 Å². The molecule has 0 saturated heterocycles. The van der Waals surface area contributed by atoms with Gasteiger partial charge in [0.1, 0.15) is 47.4 Å². The minimum absolute atomic E-state index is 0. The molecule has 0 radical (unpaired) electrons. The Balaban J connectivity index is 0.000000767. The molecule has 18 nitrogen and oxygen atoms in total. The number of rotatable bonds is 6. The van der Waals surface area contributed by atoms with Gasteiger partial charge in [0.15, 0.2) is 0 Å². The second-order valence-corrected chi connectivity index (χ2v) is 14.2. The van der Waals surface area contributed by atoms with Gasteiger partial charge in [0.2, 0.25) is 0 Å². The van der Waals surface area contributed by atoms with Crippen molar-refractivity contribution in [2.75, 3.05) is 0 Å². The molecule has 6 aromatic rings. The Morgan fingerprint density at radius 1 is 0.382 bits per heavy atom. The first-order valence-electron chi connectivity index (χ1n) is 13.4. The third-order valence-corrected chi connectivity index (χ3v) is 9.41. The van der Waals surface area contributed by atoms with E-state index in [1.165, 1.54) is 36.4 Å². The van der Waals surface area contributed by atoms with Crippen LogP contribution in [0.5, 0.6) is 17.2 Å². The third-order valence-electron chi connectivity index (χ3n) is 6.92. The minimum atomic E-state index is -4.56. The summed E-state index contributed by atoms with van der Waals surface area (Å²) in [6.07, 6.45) is 0. The number of nitrogens with zero attached hydrogens (tertiary/aromatic N) is 3. The molecule has 0 bridgehead atoms. The summed E-state index contributed by atoms with van der Waals surface area (Å²) in [7, 11) is -13.7. The maximum absolute atomic E-state index is 11.3. The minimum Gasteiger partial charge on any atom is -0.871 e. The zero-order valence-corrected chi connectivity index (χ0v) is 37.8. The van der Waals surface area contributed by atoms with Crippen LogP contribution >= 0.6 is 0 Å². The van der Waals surface area contributed by atoms with Gasteiger partial charge in [-0.3, -0.25) is 0 Å². The molecule has 272 valence electrons. The molecule has 0 aliphatic heterocycles. The third kappa shape index (κ3) is 12.8. The topological polar surface area (TPSA) is 329 Å². The molecule has 0 aliphatic carbocycles.